The number of hydrogen-bond donors (Lipinski definition) is 1. The van der Waals surface area contributed by atoms with Gasteiger partial charge in [0.2, 0.25) is 0 Å². The second kappa shape index (κ2) is 5.35. The summed E-state index contributed by atoms with van der Waals surface area (Å²) in [6, 6.07) is 6.75. The number of nitrogens with one attached hydrogen (secondary N) is 1. The van der Waals surface area contributed by atoms with E-state index in [0.29, 0.717) is 0 Å². The first-order valence-corrected chi connectivity index (χ1v) is 7.22. The molecule has 19 heavy (non-hydrogen) atoms. The van der Waals surface area contributed by atoms with Crippen molar-refractivity contribution in [2.75, 3.05) is 32.7 Å². The molecule has 0 spiro atoms. The van der Waals surface area contributed by atoms with E-state index in [4.69, 9.17) is 0 Å². The fourth-order valence-electron chi connectivity index (χ4n) is 3.00. The number of rotatable bonds is 3. The molecule has 0 radical (unpaired) electrons. The molecule has 1 N–H and O–H groups in total. The van der Waals surface area contributed by atoms with Crippen LogP contribution in [0.5, 0.6) is 0 Å². The Labute approximate surface area is 115 Å². The summed E-state index contributed by atoms with van der Waals surface area (Å²) in [6.07, 6.45) is 3.45. The van der Waals surface area contributed by atoms with Gasteiger partial charge in [-0.1, -0.05) is 11.6 Å². The van der Waals surface area contributed by atoms with Gasteiger partial charge >= 0.3 is 0 Å². The topological polar surface area (TPSA) is 20.2 Å². The molecule has 0 atom stereocenters. The highest BCUT2D eigenvalue weighted by atomic mass is 15.2. The van der Waals surface area contributed by atoms with E-state index in [1.165, 1.54) is 41.7 Å². The van der Waals surface area contributed by atoms with Gasteiger partial charge < -0.3 is 14.8 Å². The Morgan fingerprint density at radius 3 is 2.79 bits per heavy atom. The van der Waals surface area contributed by atoms with E-state index >= 15 is 0 Å². The molecule has 0 saturated carbocycles. The third-order valence-corrected chi connectivity index (χ3v) is 4.13. The van der Waals surface area contributed by atoms with Crippen molar-refractivity contribution in [2.45, 2.75) is 13.3 Å². The molecule has 0 amide bonds. The number of nitrogens with zero attached hydrogens (tertiary/aromatic N) is 2. The van der Waals surface area contributed by atoms with Crippen molar-refractivity contribution in [1.82, 2.24) is 14.8 Å². The predicted octanol–water partition coefficient (Wildman–Crippen LogP) is 1.93. The van der Waals surface area contributed by atoms with Crippen molar-refractivity contribution in [3.05, 3.63) is 35.5 Å². The molecule has 102 valence electrons. The Balaban J connectivity index is 1.78. The lowest BCUT2D eigenvalue weighted by Crippen LogP contribution is -2.44. The number of aromatic nitrogens is 1. The van der Waals surface area contributed by atoms with Crippen LogP contribution in [0.15, 0.2) is 24.4 Å². The number of fused-ring (bicyclic) bond motifs is 1. The Morgan fingerprint density at radius 2 is 2.00 bits per heavy atom. The van der Waals surface area contributed by atoms with Crippen LogP contribution in [0, 0.1) is 6.92 Å². The van der Waals surface area contributed by atoms with Gasteiger partial charge in [0.15, 0.2) is 0 Å². The van der Waals surface area contributed by atoms with Crippen molar-refractivity contribution in [3.63, 3.8) is 0 Å². The van der Waals surface area contributed by atoms with E-state index in [0.717, 1.165) is 19.5 Å². The molecule has 3 heteroatoms. The second-order valence-electron chi connectivity index (χ2n) is 5.63. The van der Waals surface area contributed by atoms with E-state index in [-0.39, 0.29) is 0 Å². The van der Waals surface area contributed by atoms with Crippen LogP contribution in [0.25, 0.3) is 10.9 Å². The normalized spacial score (nSPS) is 17.2. The summed E-state index contributed by atoms with van der Waals surface area (Å²) in [5.41, 5.74) is 4.18. The van der Waals surface area contributed by atoms with Crippen LogP contribution in [0.2, 0.25) is 0 Å². The summed E-state index contributed by atoms with van der Waals surface area (Å²) in [6.45, 7) is 7.98. The molecule has 1 aliphatic rings. The molecule has 3 rings (SSSR count). The lowest BCUT2D eigenvalue weighted by atomic mass is 10.1. The zero-order valence-corrected chi connectivity index (χ0v) is 11.9. The van der Waals surface area contributed by atoms with Crippen LogP contribution in [0.3, 0.4) is 0 Å². The quantitative estimate of drug-likeness (QED) is 0.907. The third kappa shape index (κ3) is 2.67. The lowest BCUT2D eigenvalue weighted by molar-refractivity contribution is 0.244. The van der Waals surface area contributed by atoms with Crippen molar-refractivity contribution in [2.24, 2.45) is 7.05 Å². The molecule has 1 saturated heterocycles. The molecule has 1 aromatic carbocycles. The Kier molecular flexibility index (Phi) is 3.58. The highest BCUT2D eigenvalue weighted by Crippen LogP contribution is 2.22. The summed E-state index contributed by atoms with van der Waals surface area (Å²) >= 11 is 0. The van der Waals surface area contributed by atoms with Gasteiger partial charge in [-0.3, -0.25) is 0 Å². The van der Waals surface area contributed by atoms with Gasteiger partial charge in [-0.15, -0.1) is 0 Å². The fourth-order valence-corrected chi connectivity index (χ4v) is 3.00. The summed E-state index contributed by atoms with van der Waals surface area (Å²) in [5, 5.41) is 4.84. The van der Waals surface area contributed by atoms with E-state index in [9.17, 15) is 0 Å². The maximum Gasteiger partial charge on any atom is 0.0480 e. The minimum atomic E-state index is 1.13. The third-order valence-electron chi connectivity index (χ3n) is 4.13. The van der Waals surface area contributed by atoms with Crippen molar-refractivity contribution in [3.8, 4) is 0 Å². The van der Waals surface area contributed by atoms with Gasteiger partial charge in [0.05, 0.1) is 0 Å². The van der Waals surface area contributed by atoms with E-state index in [1.54, 1.807) is 0 Å². The van der Waals surface area contributed by atoms with Gasteiger partial charge in [0, 0.05) is 56.9 Å². The molecule has 1 fully saturated rings. The van der Waals surface area contributed by atoms with Gasteiger partial charge in [-0.25, -0.2) is 0 Å². The van der Waals surface area contributed by atoms with E-state index in [2.05, 4.69) is 53.2 Å². The van der Waals surface area contributed by atoms with Gasteiger partial charge in [0.1, 0.15) is 0 Å². The first-order valence-electron chi connectivity index (χ1n) is 7.22. The van der Waals surface area contributed by atoms with Crippen molar-refractivity contribution < 1.29 is 0 Å². The number of aryl methyl sites for hydroxylation is 2. The fraction of sp³-hybridized carbons (Fsp3) is 0.500. The highest BCUT2D eigenvalue weighted by molar-refractivity contribution is 5.84. The van der Waals surface area contributed by atoms with E-state index in [1.807, 2.05) is 0 Å². The first-order chi connectivity index (χ1) is 9.24. The standard InChI is InChI=1S/C16H23N3/c1-13-3-4-16-15(11-13)14(12-18(16)2)5-8-19-9-6-17-7-10-19/h3-4,11-12,17H,5-10H2,1-2H3. The average Bonchev–Trinajstić information content (AvgIpc) is 2.74. The minimum Gasteiger partial charge on any atom is -0.350 e. The monoisotopic (exact) mass is 257 g/mol. The molecule has 1 aromatic heterocycles. The Bertz CT molecular complexity index is 565. The van der Waals surface area contributed by atoms with Crippen LogP contribution in [0.1, 0.15) is 11.1 Å². The molecule has 2 aromatic rings. The lowest BCUT2D eigenvalue weighted by Gasteiger charge is -2.26. The average molecular weight is 257 g/mol. The van der Waals surface area contributed by atoms with Crippen LogP contribution < -0.4 is 5.32 Å². The van der Waals surface area contributed by atoms with Gasteiger partial charge in [0.25, 0.3) is 0 Å². The molecular formula is C16H23N3. The molecule has 0 unspecified atom stereocenters. The molecule has 0 bridgehead atoms. The smallest absolute Gasteiger partial charge is 0.0480 e. The number of piperazine rings is 1. The maximum absolute atomic E-state index is 3.41. The molecule has 3 nitrogen and oxygen atoms in total. The molecule has 0 aliphatic carbocycles. The van der Waals surface area contributed by atoms with Crippen LogP contribution in [-0.4, -0.2) is 42.2 Å². The van der Waals surface area contributed by atoms with Crippen LogP contribution in [-0.2, 0) is 13.5 Å². The Morgan fingerprint density at radius 1 is 1.21 bits per heavy atom. The molecule has 1 aliphatic heterocycles. The summed E-state index contributed by atoms with van der Waals surface area (Å²) in [7, 11) is 2.14. The SMILES string of the molecule is Cc1ccc2c(c1)c(CCN1CCNCC1)cn2C. The van der Waals surface area contributed by atoms with Crippen molar-refractivity contribution in [1.29, 1.82) is 0 Å². The number of hydrogen-bond acceptors (Lipinski definition) is 2. The summed E-state index contributed by atoms with van der Waals surface area (Å²) in [4.78, 5) is 2.56. The Hall–Kier alpha value is -1.32. The van der Waals surface area contributed by atoms with Gasteiger partial charge in [-0.05, 0) is 31.0 Å². The van der Waals surface area contributed by atoms with Crippen molar-refractivity contribution >= 4 is 10.9 Å². The predicted molar refractivity (Wildman–Crippen MR) is 80.7 cm³/mol. The zero-order chi connectivity index (χ0) is 13.2. The molecular weight excluding hydrogens is 234 g/mol. The summed E-state index contributed by atoms with van der Waals surface area (Å²) < 4.78 is 2.25. The van der Waals surface area contributed by atoms with Gasteiger partial charge in [-0.2, -0.15) is 0 Å². The molecule has 2 heterocycles. The highest BCUT2D eigenvalue weighted by Gasteiger charge is 2.11. The second-order valence-corrected chi connectivity index (χ2v) is 5.63. The minimum absolute atomic E-state index is 1.13. The maximum atomic E-state index is 3.41. The van der Waals surface area contributed by atoms with E-state index < -0.39 is 0 Å². The van der Waals surface area contributed by atoms with Crippen LogP contribution >= 0.6 is 0 Å². The van der Waals surface area contributed by atoms with Crippen LogP contribution in [0.4, 0.5) is 0 Å². The first kappa shape index (κ1) is 12.7. The zero-order valence-electron chi connectivity index (χ0n) is 11.9. The number of benzene rings is 1. The summed E-state index contributed by atoms with van der Waals surface area (Å²) in [5.74, 6) is 0. The largest absolute Gasteiger partial charge is 0.350 e.